The van der Waals surface area contributed by atoms with Crippen LogP contribution < -0.4 is 4.74 Å². The maximum absolute atomic E-state index is 11.9. The standard InChI is InChI=1S/C19H24O2/c1-3-10-19-11-9-16(20)13-15(19)6-4-5-14-12-17(21-2)7-8-18(14)19/h7-8,12-13H,3-6,9-11H2,1-2H3. The van der Waals surface area contributed by atoms with Gasteiger partial charge in [0.15, 0.2) is 5.78 Å². The van der Waals surface area contributed by atoms with Crippen LogP contribution in [0.3, 0.4) is 0 Å². The van der Waals surface area contributed by atoms with E-state index < -0.39 is 0 Å². The predicted octanol–water partition coefficient (Wildman–Crippen LogP) is 4.36. The Hall–Kier alpha value is -1.57. The molecule has 2 nitrogen and oxygen atoms in total. The zero-order chi connectivity index (χ0) is 14.9. The first-order chi connectivity index (χ1) is 10.2. The van der Waals surface area contributed by atoms with Crippen molar-refractivity contribution in [2.75, 3.05) is 7.11 Å². The van der Waals surface area contributed by atoms with E-state index in [2.05, 4.69) is 25.1 Å². The molecular formula is C19H24O2. The highest BCUT2D eigenvalue weighted by atomic mass is 16.5. The Kier molecular flexibility index (Phi) is 3.88. The van der Waals surface area contributed by atoms with Gasteiger partial charge >= 0.3 is 0 Å². The highest BCUT2D eigenvalue weighted by Crippen LogP contribution is 2.49. The molecule has 0 saturated heterocycles. The van der Waals surface area contributed by atoms with Crippen molar-refractivity contribution in [3.63, 3.8) is 0 Å². The molecule has 1 unspecified atom stereocenters. The molecule has 3 rings (SSSR count). The number of ether oxygens (including phenoxy) is 1. The smallest absolute Gasteiger partial charge is 0.155 e. The predicted molar refractivity (Wildman–Crippen MR) is 84.8 cm³/mol. The minimum atomic E-state index is 0.0980. The minimum Gasteiger partial charge on any atom is -0.497 e. The van der Waals surface area contributed by atoms with Crippen molar-refractivity contribution in [2.24, 2.45) is 0 Å². The van der Waals surface area contributed by atoms with E-state index in [0.29, 0.717) is 12.2 Å². The molecule has 2 heteroatoms. The Labute approximate surface area is 127 Å². The number of hydrogen-bond donors (Lipinski definition) is 0. The third kappa shape index (κ3) is 2.41. The second kappa shape index (κ2) is 5.67. The van der Waals surface area contributed by atoms with Gasteiger partial charge in [-0.15, -0.1) is 0 Å². The molecule has 112 valence electrons. The van der Waals surface area contributed by atoms with Gasteiger partial charge in [-0.25, -0.2) is 0 Å². The maximum atomic E-state index is 11.9. The van der Waals surface area contributed by atoms with Crippen molar-refractivity contribution < 1.29 is 9.53 Å². The van der Waals surface area contributed by atoms with Crippen LogP contribution in [0.2, 0.25) is 0 Å². The Morgan fingerprint density at radius 1 is 1.24 bits per heavy atom. The molecule has 1 aromatic carbocycles. The Morgan fingerprint density at radius 2 is 2.10 bits per heavy atom. The van der Waals surface area contributed by atoms with Crippen molar-refractivity contribution in [1.29, 1.82) is 0 Å². The molecule has 0 saturated carbocycles. The van der Waals surface area contributed by atoms with Gasteiger partial charge in [0.2, 0.25) is 0 Å². The number of carbonyl (C=O) groups excluding carboxylic acids is 1. The van der Waals surface area contributed by atoms with E-state index >= 15 is 0 Å². The molecule has 0 bridgehead atoms. The summed E-state index contributed by atoms with van der Waals surface area (Å²) < 4.78 is 5.40. The lowest BCUT2D eigenvalue weighted by Gasteiger charge is -2.39. The lowest BCUT2D eigenvalue weighted by atomic mass is 9.64. The van der Waals surface area contributed by atoms with Gasteiger partial charge in [-0.1, -0.05) is 25.0 Å². The summed E-state index contributed by atoms with van der Waals surface area (Å²) >= 11 is 0. The highest BCUT2D eigenvalue weighted by Gasteiger charge is 2.40. The fourth-order valence-electron chi connectivity index (χ4n) is 4.21. The van der Waals surface area contributed by atoms with Gasteiger partial charge in [0, 0.05) is 11.8 Å². The molecule has 0 heterocycles. The number of carbonyl (C=O) groups is 1. The van der Waals surface area contributed by atoms with E-state index in [4.69, 9.17) is 4.74 Å². The average Bonchev–Trinajstić information content (AvgIpc) is 2.64. The summed E-state index contributed by atoms with van der Waals surface area (Å²) in [7, 11) is 1.73. The van der Waals surface area contributed by atoms with E-state index in [1.165, 1.54) is 16.7 Å². The molecule has 0 amide bonds. The Balaban J connectivity index is 2.17. The molecular weight excluding hydrogens is 260 g/mol. The minimum absolute atomic E-state index is 0.0980. The Bertz CT molecular complexity index is 585. The molecule has 0 N–H and O–H groups in total. The van der Waals surface area contributed by atoms with E-state index in [-0.39, 0.29) is 5.41 Å². The van der Waals surface area contributed by atoms with Crippen LogP contribution in [0.25, 0.3) is 0 Å². The van der Waals surface area contributed by atoms with Gasteiger partial charge < -0.3 is 4.74 Å². The zero-order valence-corrected chi connectivity index (χ0v) is 13.1. The average molecular weight is 284 g/mol. The second-order valence-electron chi connectivity index (χ2n) is 6.34. The van der Waals surface area contributed by atoms with Crippen molar-refractivity contribution in [3.8, 4) is 5.75 Å². The summed E-state index contributed by atoms with van der Waals surface area (Å²) in [6, 6.07) is 6.53. The molecule has 21 heavy (non-hydrogen) atoms. The summed E-state index contributed by atoms with van der Waals surface area (Å²) in [5.74, 6) is 1.26. The normalized spacial score (nSPS) is 24.7. The van der Waals surface area contributed by atoms with Crippen LogP contribution in [0.1, 0.15) is 56.6 Å². The molecule has 1 aromatic rings. The fraction of sp³-hybridized carbons (Fsp3) is 0.526. The second-order valence-corrected chi connectivity index (χ2v) is 6.34. The third-order valence-electron chi connectivity index (χ3n) is 5.15. The lowest BCUT2D eigenvalue weighted by Crippen LogP contribution is -2.33. The zero-order valence-electron chi connectivity index (χ0n) is 13.1. The Morgan fingerprint density at radius 3 is 2.86 bits per heavy atom. The number of aryl methyl sites for hydroxylation is 1. The molecule has 0 aliphatic heterocycles. The van der Waals surface area contributed by atoms with Gasteiger partial charge in [-0.3, -0.25) is 4.79 Å². The van der Waals surface area contributed by atoms with Crippen LogP contribution >= 0.6 is 0 Å². The lowest BCUT2D eigenvalue weighted by molar-refractivity contribution is -0.115. The monoisotopic (exact) mass is 284 g/mol. The topological polar surface area (TPSA) is 26.3 Å². The number of allylic oxidation sites excluding steroid dienone is 2. The summed E-state index contributed by atoms with van der Waals surface area (Å²) in [6.45, 7) is 2.25. The van der Waals surface area contributed by atoms with Gasteiger partial charge in [0.05, 0.1) is 7.11 Å². The number of methoxy groups -OCH3 is 1. The fourth-order valence-corrected chi connectivity index (χ4v) is 4.21. The summed E-state index contributed by atoms with van der Waals surface area (Å²) in [4.78, 5) is 11.9. The third-order valence-corrected chi connectivity index (χ3v) is 5.15. The maximum Gasteiger partial charge on any atom is 0.155 e. The first-order valence-electron chi connectivity index (χ1n) is 8.11. The SMILES string of the molecule is CCCC12CCC(=O)C=C1CCCc1cc(OC)ccc12. The molecule has 2 aliphatic rings. The molecule has 0 fully saturated rings. The van der Waals surface area contributed by atoms with Crippen molar-refractivity contribution in [3.05, 3.63) is 41.0 Å². The van der Waals surface area contributed by atoms with Gasteiger partial charge in [-0.05, 0) is 61.4 Å². The number of ketones is 1. The molecule has 2 aliphatic carbocycles. The van der Waals surface area contributed by atoms with E-state index in [0.717, 1.165) is 44.3 Å². The van der Waals surface area contributed by atoms with Crippen LogP contribution in [-0.4, -0.2) is 12.9 Å². The number of fused-ring (bicyclic) bond motifs is 3. The van der Waals surface area contributed by atoms with E-state index in [1.807, 2.05) is 6.08 Å². The summed E-state index contributed by atoms with van der Waals surface area (Å²) in [5, 5.41) is 0. The quantitative estimate of drug-likeness (QED) is 0.824. The number of rotatable bonds is 3. The van der Waals surface area contributed by atoms with E-state index in [1.54, 1.807) is 7.11 Å². The molecule has 0 spiro atoms. The van der Waals surface area contributed by atoms with Gasteiger partial charge in [0.1, 0.15) is 5.75 Å². The summed E-state index contributed by atoms with van der Waals surface area (Å²) in [5.41, 5.74) is 4.34. The molecule has 0 aromatic heterocycles. The first-order valence-corrected chi connectivity index (χ1v) is 8.11. The number of benzene rings is 1. The van der Waals surface area contributed by atoms with Gasteiger partial charge in [0.25, 0.3) is 0 Å². The first kappa shape index (κ1) is 14.4. The highest BCUT2D eigenvalue weighted by molar-refractivity contribution is 5.92. The largest absolute Gasteiger partial charge is 0.497 e. The van der Waals surface area contributed by atoms with E-state index in [9.17, 15) is 4.79 Å². The van der Waals surface area contributed by atoms with Crippen LogP contribution in [-0.2, 0) is 16.6 Å². The van der Waals surface area contributed by atoms with Gasteiger partial charge in [-0.2, -0.15) is 0 Å². The number of hydrogen-bond acceptors (Lipinski definition) is 2. The summed E-state index contributed by atoms with van der Waals surface area (Å²) in [6.07, 6.45) is 9.19. The van der Waals surface area contributed by atoms with Crippen molar-refractivity contribution in [1.82, 2.24) is 0 Å². The van der Waals surface area contributed by atoms with Crippen LogP contribution in [0.4, 0.5) is 0 Å². The van der Waals surface area contributed by atoms with Crippen molar-refractivity contribution in [2.45, 2.75) is 57.3 Å². The van der Waals surface area contributed by atoms with Crippen LogP contribution in [0, 0.1) is 0 Å². The molecule has 1 atom stereocenters. The van der Waals surface area contributed by atoms with Crippen LogP contribution in [0.5, 0.6) is 5.75 Å². The van der Waals surface area contributed by atoms with Crippen LogP contribution in [0.15, 0.2) is 29.8 Å². The van der Waals surface area contributed by atoms with Crippen molar-refractivity contribution >= 4 is 5.78 Å². The molecule has 0 radical (unpaired) electrons.